The van der Waals surface area contributed by atoms with Crippen LogP contribution in [0.25, 0.3) is 0 Å². The van der Waals surface area contributed by atoms with Crippen molar-refractivity contribution in [3.63, 3.8) is 0 Å². The Morgan fingerprint density at radius 3 is 2.41 bits per heavy atom. The van der Waals surface area contributed by atoms with Gasteiger partial charge in [-0.25, -0.2) is 0 Å². The number of carboxylic acids is 1. The number of rotatable bonds is 3. The smallest absolute Gasteiger partial charge is 0.323 e. The van der Waals surface area contributed by atoms with Crippen LogP contribution >= 0.6 is 0 Å². The minimum absolute atomic E-state index is 0.355. The Morgan fingerprint density at radius 2 is 1.82 bits per heavy atom. The molecule has 2 aliphatic rings. The summed E-state index contributed by atoms with van der Waals surface area (Å²) in [7, 11) is 2.15. The minimum Gasteiger partial charge on any atom is -0.480 e. The first kappa shape index (κ1) is 12.8. The van der Waals surface area contributed by atoms with Gasteiger partial charge in [-0.05, 0) is 45.6 Å². The second-order valence-corrected chi connectivity index (χ2v) is 5.82. The Hall–Kier alpha value is -0.610. The topological polar surface area (TPSA) is 66.6 Å². The monoisotopic (exact) mass is 240 g/mol. The van der Waals surface area contributed by atoms with Gasteiger partial charge in [-0.2, -0.15) is 0 Å². The van der Waals surface area contributed by atoms with Crippen molar-refractivity contribution in [3.05, 3.63) is 0 Å². The van der Waals surface area contributed by atoms with Crippen molar-refractivity contribution in [3.8, 4) is 0 Å². The molecule has 0 aromatic rings. The average Bonchev–Trinajstić information content (AvgIpc) is 2.81. The van der Waals surface area contributed by atoms with Gasteiger partial charge in [0.25, 0.3) is 0 Å². The number of hydrogen-bond donors (Lipinski definition) is 2. The first-order chi connectivity index (χ1) is 8.03. The molecule has 2 aliphatic carbocycles. The highest BCUT2D eigenvalue weighted by atomic mass is 16.4. The predicted molar refractivity (Wildman–Crippen MR) is 66.8 cm³/mol. The van der Waals surface area contributed by atoms with Gasteiger partial charge >= 0.3 is 5.97 Å². The first-order valence-corrected chi connectivity index (χ1v) is 6.77. The highest BCUT2D eigenvalue weighted by Gasteiger charge is 2.41. The maximum absolute atomic E-state index is 11.2. The zero-order chi connectivity index (χ0) is 12.5. The molecule has 0 aromatic heterocycles. The van der Waals surface area contributed by atoms with Crippen LogP contribution in [0.1, 0.15) is 51.4 Å². The Kier molecular flexibility index (Phi) is 3.73. The van der Waals surface area contributed by atoms with E-state index in [0.717, 1.165) is 12.8 Å². The van der Waals surface area contributed by atoms with Crippen LogP contribution in [0, 0.1) is 0 Å². The highest BCUT2D eigenvalue weighted by molar-refractivity contribution is 5.78. The summed E-state index contributed by atoms with van der Waals surface area (Å²) in [4.78, 5) is 13.6. The normalized spacial score (nSPS) is 35.4. The molecule has 4 heteroatoms. The molecular weight excluding hydrogens is 216 g/mol. The molecule has 0 saturated heterocycles. The van der Waals surface area contributed by atoms with E-state index in [1.165, 1.54) is 25.7 Å². The molecule has 0 radical (unpaired) electrons. The lowest BCUT2D eigenvalue weighted by molar-refractivity contribution is -0.145. The summed E-state index contributed by atoms with van der Waals surface area (Å²) in [6.07, 6.45) is 8.41. The maximum atomic E-state index is 11.2. The van der Waals surface area contributed by atoms with Crippen LogP contribution in [0.4, 0.5) is 0 Å². The minimum atomic E-state index is -0.990. The number of carboxylic acid groups (broad SMARTS) is 1. The van der Waals surface area contributed by atoms with Gasteiger partial charge in [0.2, 0.25) is 0 Å². The van der Waals surface area contributed by atoms with Crippen LogP contribution in [0.5, 0.6) is 0 Å². The van der Waals surface area contributed by atoms with Crippen LogP contribution in [0.15, 0.2) is 0 Å². The third-order valence-corrected chi connectivity index (χ3v) is 4.66. The molecule has 4 nitrogen and oxygen atoms in total. The van der Waals surface area contributed by atoms with Gasteiger partial charge < -0.3 is 15.7 Å². The Morgan fingerprint density at radius 1 is 1.24 bits per heavy atom. The van der Waals surface area contributed by atoms with Crippen molar-refractivity contribution >= 4 is 5.97 Å². The third kappa shape index (κ3) is 2.63. The quantitative estimate of drug-likeness (QED) is 0.786. The molecule has 0 aromatic carbocycles. The van der Waals surface area contributed by atoms with Crippen LogP contribution in [0.2, 0.25) is 0 Å². The molecule has 2 unspecified atom stereocenters. The molecule has 3 N–H and O–H groups in total. The zero-order valence-electron chi connectivity index (χ0n) is 10.7. The molecule has 2 saturated carbocycles. The zero-order valence-corrected chi connectivity index (χ0v) is 10.7. The van der Waals surface area contributed by atoms with Crippen molar-refractivity contribution in [1.29, 1.82) is 0 Å². The van der Waals surface area contributed by atoms with E-state index in [4.69, 9.17) is 5.73 Å². The molecule has 0 bridgehead atoms. The van der Waals surface area contributed by atoms with E-state index < -0.39 is 11.5 Å². The van der Waals surface area contributed by atoms with E-state index in [-0.39, 0.29) is 0 Å². The molecule has 0 aliphatic heterocycles. The average molecular weight is 240 g/mol. The molecule has 2 atom stereocenters. The molecule has 2 fully saturated rings. The van der Waals surface area contributed by atoms with Gasteiger partial charge in [-0.1, -0.05) is 12.8 Å². The van der Waals surface area contributed by atoms with Crippen LogP contribution in [-0.4, -0.2) is 40.6 Å². The summed E-state index contributed by atoms with van der Waals surface area (Å²) in [6, 6.07) is 1.00. The fourth-order valence-corrected chi connectivity index (χ4v) is 3.43. The molecule has 0 spiro atoms. The van der Waals surface area contributed by atoms with Crippen molar-refractivity contribution in [2.24, 2.45) is 5.73 Å². The van der Waals surface area contributed by atoms with Gasteiger partial charge in [0.15, 0.2) is 0 Å². The summed E-state index contributed by atoms with van der Waals surface area (Å²) < 4.78 is 0. The lowest BCUT2D eigenvalue weighted by Gasteiger charge is -2.41. The van der Waals surface area contributed by atoms with Crippen molar-refractivity contribution in [2.75, 3.05) is 7.05 Å². The molecular formula is C13H24N2O2. The summed E-state index contributed by atoms with van der Waals surface area (Å²) in [6.45, 7) is 0. The van der Waals surface area contributed by atoms with Crippen molar-refractivity contribution in [1.82, 2.24) is 4.90 Å². The van der Waals surface area contributed by atoms with Crippen molar-refractivity contribution < 1.29 is 9.90 Å². The van der Waals surface area contributed by atoms with Crippen molar-refractivity contribution in [2.45, 2.75) is 69.0 Å². The molecule has 0 amide bonds. The van der Waals surface area contributed by atoms with E-state index in [1.807, 2.05) is 0 Å². The summed E-state index contributed by atoms with van der Waals surface area (Å²) in [5, 5.41) is 9.22. The lowest BCUT2D eigenvalue weighted by Crippen LogP contribution is -2.56. The van der Waals surface area contributed by atoms with Crippen LogP contribution in [0.3, 0.4) is 0 Å². The Bertz CT molecular complexity index is 289. The molecule has 17 heavy (non-hydrogen) atoms. The number of nitrogens with zero attached hydrogens (tertiary/aromatic N) is 1. The van der Waals surface area contributed by atoms with E-state index in [0.29, 0.717) is 24.9 Å². The Balaban J connectivity index is 1.99. The van der Waals surface area contributed by atoms with E-state index in [1.54, 1.807) is 0 Å². The Labute approximate surface area is 103 Å². The number of aliphatic carboxylic acids is 1. The summed E-state index contributed by atoms with van der Waals surface area (Å²) in [5.41, 5.74) is 5.01. The van der Waals surface area contributed by atoms with Gasteiger partial charge in [-0.15, -0.1) is 0 Å². The first-order valence-electron chi connectivity index (χ1n) is 6.77. The maximum Gasteiger partial charge on any atom is 0.323 e. The highest BCUT2D eigenvalue weighted by Crippen LogP contribution is 2.33. The molecule has 98 valence electrons. The van der Waals surface area contributed by atoms with Gasteiger partial charge in [0.05, 0.1) is 0 Å². The van der Waals surface area contributed by atoms with E-state index >= 15 is 0 Å². The number of carbonyl (C=O) groups is 1. The second-order valence-electron chi connectivity index (χ2n) is 5.82. The van der Waals surface area contributed by atoms with Gasteiger partial charge in [0, 0.05) is 12.1 Å². The molecule has 2 rings (SSSR count). The lowest BCUT2D eigenvalue weighted by atomic mass is 9.79. The standard InChI is InChI=1S/C13H24N2O2/c1-15(10-5-2-3-6-10)11-7-4-8-13(14,9-11)12(16)17/h10-11H,2-9,14H2,1H3,(H,16,17). The van der Waals surface area contributed by atoms with Gasteiger partial charge in [-0.3, -0.25) is 4.79 Å². The van der Waals surface area contributed by atoms with E-state index in [9.17, 15) is 9.90 Å². The summed E-state index contributed by atoms with van der Waals surface area (Å²) in [5.74, 6) is -0.831. The van der Waals surface area contributed by atoms with Crippen LogP contribution < -0.4 is 5.73 Å². The van der Waals surface area contributed by atoms with Gasteiger partial charge in [0.1, 0.15) is 5.54 Å². The second kappa shape index (κ2) is 4.94. The van der Waals surface area contributed by atoms with Crippen LogP contribution in [-0.2, 0) is 4.79 Å². The number of hydrogen-bond acceptors (Lipinski definition) is 3. The third-order valence-electron chi connectivity index (χ3n) is 4.66. The summed E-state index contributed by atoms with van der Waals surface area (Å²) >= 11 is 0. The SMILES string of the molecule is CN(C1CCCC1)C1CCCC(N)(C(=O)O)C1. The fourth-order valence-electron chi connectivity index (χ4n) is 3.43. The van der Waals surface area contributed by atoms with E-state index in [2.05, 4.69) is 11.9 Å². The fraction of sp³-hybridized carbons (Fsp3) is 0.923. The predicted octanol–water partition coefficient (Wildman–Crippen LogP) is 1.59. The largest absolute Gasteiger partial charge is 0.480 e. The molecule has 0 heterocycles. The number of nitrogens with two attached hydrogens (primary N) is 1.